The van der Waals surface area contributed by atoms with Gasteiger partial charge in [0.1, 0.15) is 0 Å². The molecule has 0 fully saturated rings. The van der Waals surface area contributed by atoms with Crippen molar-refractivity contribution in [3.05, 3.63) is 21.1 Å². The number of rotatable bonds is 1. The van der Waals surface area contributed by atoms with Gasteiger partial charge in [0.05, 0.1) is 0 Å². The Kier molecular flexibility index (Phi) is 2.52. The molecule has 0 aromatic carbocycles. The lowest BCUT2D eigenvalue weighted by molar-refractivity contribution is 0.655. The third-order valence-electron chi connectivity index (χ3n) is 1.33. The summed E-state index contributed by atoms with van der Waals surface area (Å²) in [4.78, 5) is 0. The summed E-state index contributed by atoms with van der Waals surface area (Å²) in [5.74, 6) is 0. The van der Waals surface area contributed by atoms with Crippen LogP contribution < -0.4 is 0 Å². The van der Waals surface area contributed by atoms with Gasteiger partial charge in [0.25, 0.3) is 0 Å². The van der Waals surface area contributed by atoms with Crippen molar-refractivity contribution >= 4 is 46.4 Å². The molecular weight excluding hydrogens is 274 g/mol. The van der Waals surface area contributed by atoms with Crippen molar-refractivity contribution in [3.8, 4) is 0 Å². The third kappa shape index (κ3) is 1.44. The van der Waals surface area contributed by atoms with Crippen LogP contribution in [0.15, 0.2) is 0 Å². The number of aromatic nitrogens is 6. The van der Waals surface area contributed by atoms with Crippen LogP contribution in [0.3, 0.4) is 0 Å². The first-order valence-corrected chi connectivity index (χ1v) is 4.66. The fraction of sp³-hybridized carbons (Fsp3) is 0. The Bertz CT molecular complexity index is 391. The summed E-state index contributed by atoms with van der Waals surface area (Å²) in [6.45, 7) is 0. The van der Waals surface area contributed by atoms with Crippen LogP contribution in [-0.2, 0) is 0 Å². The summed E-state index contributed by atoms with van der Waals surface area (Å²) in [6.07, 6.45) is 0. The van der Waals surface area contributed by atoms with Gasteiger partial charge < -0.3 is 0 Å². The Labute approximate surface area is 97.3 Å². The van der Waals surface area contributed by atoms with Crippen LogP contribution in [0, 0.1) is 0 Å². The van der Waals surface area contributed by atoms with Gasteiger partial charge in [-0.05, 0) is 46.4 Å². The zero-order chi connectivity index (χ0) is 10.3. The van der Waals surface area contributed by atoms with Gasteiger partial charge in [0.2, 0.25) is 21.1 Å². The molecule has 0 aliphatic heterocycles. The predicted molar refractivity (Wildman–Crippen MR) is 50.9 cm³/mol. The molecule has 0 radical (unpaired) electrons. The second-order valence-electron chi connectivity index (χ2n) is 2.10. The maximum Gasteiger partial charge on any atom is 0.245 e. The van der Waals surface area contributed by atoms with Crippen LogP contribution in [0.4, 0.5) is 0 Å². The van der Waals surface area contributed by atoms with E-state index in [1.54, 1.807) is 0 Å². The first kappa shape index (κ1) is 9.97. The molecular formula is C4Cl4N6. The first-order chi connectivity index (χ1) is 6.61. The molecule has 14 heavy (non-hydrogen) atoms. The number of hydrogen-bond donors (Lipinski definition) is 0. The van der Waals surface area contributed by atoms with Gasteiger partial charge >= 0.3 is 0 Å². The van der Waals surface area contributed by atoms with Crippen molar-refractivity contribution in [1.82, 2.24) is 29.7 Å². The molecule has 74 valence electrons. The summed E-state index contributed by atoms with van der Waals surface area (Å²) >= 11 is 22.8. The highest BCUT2D eigenvalue weighted by molar-refractivity contribution is 6.33. The van der Waals surface area contributed by atoms with Crippen LogP contribution >= 0.6 is 46.4 Å². The normalized spacial score (nSPS) is 10.9. The lowest BCUT2D eigenvalue weighted by Gasteiger charge is -2.04. The van der Waals surface area contributed by atoms with Gasteiger partial charge in [-0.1, -0.05) is 0 Å². The molecule has 0 atom stereocenters. The highest BCUT2D eigenvalue weighted by atomic mass is 35.5. The Morgan fingerprint density at radius 2 is 0.786 bits per heavy atom. The van der Waals surface area contributed by atoms with Crippen LogP contribution in [0.5, 0.6) is 0 Å². The fourth-order valence-electron chi connectivity index (χ4n) is 0.817. The van der Waals surface area contributed by atoms with Gasteiger partial charge in [-0.15, -0.1) is 20.4 Å². The van der Waals surface area contributed by atoms with Crippen molar-refractivity contribution in [1.29, 1.82) is 0 Å². The van der Waals surface area contributed by atoms with Crippen molar-refractivity contribution in [2.75, 3.05) is 0 Å². The lowest BCUT2D eigenvalue weighted by Crippen LogP contribution is -2.10. The molecule has 2 aromatic heterocycles. The number of halogens is 4. The average Bonchev–Trinajstić information content (AvgIpc) is 2.60. The zero-order valence-corrected chi connectivity index (χ0v) is 9.22. The van der Waals surface area contributed by atoms with E-state index in [2.05, 4.69) is 20.4 Å². The van der Waals surface area contributed by atoms with Crippen molar-refractivity contribution in [2.45, 2.75) is 0 Å². The first-order valence-electron chi connectivity index (χ1n) is 3.14. The van der Waals surface area contributed by atoms with E-state index in [1.807, 2.05) is 0 Å². The molecule has 2 heterocycles. The molecule has 2 rings (SSSR count). The SMILES string of the molecule is Clc1nnc(Cl)n1-n1c(Cl)nnc1Cl. The summed E-state index contributed by atoms with van der Waals surface area (Å²) in [5.41, 5.74) is 0. The van der Waals surface area contributed by atoms with Gasteiger partial charge in [-0.2, -0.15) is 9.35 Å². The summed E-state index contributed by atoms with van der Waals surface area (Å²) in [6, 6.07) is 0. The lowest BCUT2D eigenvalue weighted by atomic mass is 11.1. The molecule has 6 nitrogen and oxygen atoms in total. The Balaban J connectivity index is 2.71. The van der Waals surface area contributed by atoms with E-state index in [4.69, 9.17) is 46.4 Å². The van der Waals surface area contributed by atoms with E-state index >= 15 is 0 Å². The molecule has 0 unspecified atom stereocenters. The smallest absolute Gasteiger partial charge is 0.184 e. The largest absolute Gasteiger partial charge is 0.245 e. The maximum absolute atomic E-state index is 5.69. The average molecular weight is 274 g/mol. The van der Waals surface area contributed by atoms with E-state index in [-0.39, 0.29) is 21.1 Å². The summed E-state index contributed by atoms with van der Waals surface area (Å²) in [7, 11) is 0. The molecule has 0 saturated heterocycles. The minimum Gasteiger partial charge on any atom is -0.184 e. The quantitative estimate of drug-likeness (QED) is 0.795. The van der Waals surface area contributed by atoms with E-state index in [0.717, 1.165) is 9.35 Å². The molecule has 2 aromatic rings. The second kappa shape index (κ2) is 3.54. The molecule has 0 saturated carbocycles. The monoisotopic (exact) mass is 272 g/mol. The van der Waals surface area contributed by atoms with E-state index in [9.17, 15) is 0 Å². The van der Waals surface area contributed by atoms with E-state index in [1.165, 1.54) is 0 Å². The van der Waals surface area contributed by atoms with E-state index < -0.39 is 0 Å². The minimum absolute atomic E-state index is 0.00130. The second-order valence-corrected chi connectivity index (χ2v) is 3.45. The number of hydrogen-bond acceptors (Lipinski definition) is 4. The number of nitrogens with zero attached hydrogens (tertiary/aromatic N) is 6. The van der Waals surface area contributed by atoms with Crippen LogP contribution in [-0.4, -0.2) is 29.7 Å². The van der Waals surface area contributed by atoms with Crippen LogP contribution in [0.1, 0.15) is 0 Å². The predicted octanol–water partition coefficient (Wildman–Crippen LogP) is 1.79. The molecule has 0 N–H and O–H groups in total. The molecule has 0 amide bonds. The maximum atomic E-state index is 5.69. The summed E-state index contributed by atoms with van der Waals surface area (Å²) in [5, 5.41) is 14.0. The Hall–Kier alpha value is -0.560. The fourth-order valence-corrected chi connectivity index (χ4v) is 1.68. The standard InChI is InChI=1S/C4Cl4N6/c5-1-9-10-2(6)13(1)14-3(7)11-12-4(14)8. The van der Waals surface area contributed by atoms with Crippen LogP contribution in [0.25, 0.3) is 0 Å². The highest BCUT2D eigenvalue weighted by Gasteiger charge is 2.16. The Morgan fingerprint density at radius 1 is 0.571 bits per heavy atom. The van der Waals surface area contributed by atoms with Gasteiger partial charge in [-0.3, -0.25) is 0 Å². The van der Waals surface area contributed by atoms with Crippen molar-refractivity contribution in [3.63, 3.8) is 0 Å². The molecule has 10 heteroatoms. The minimum atomic E-state index is -0.00130. The Morgan fingerprint density at radius 3 is 1.00 bits per heavy atom. The van der Waals surface area contributed by atoms with Gasteiger partial charge in [-0.25, -0.2) is 0 Å². The van der Waals surface area contributed by atoms with Crippen LogP contribution in [0.2, 0.25) is 21.1 Å². The van der Waals surface area contributed by atoms with Gasteiger partial charge in [0, 0.05) is 0 Å². The van der Waals surface area contributed by atoms with E-state index in [0.29, 0.717) is 0 Å². The highest BCUT2D eigenvalue weighted by Crippen LogP contribution is 2.20. The molecule has 0 aliphatic carbocycles. The topological polar surface area (TPSA) is 61.4 Å². The van der Waals surface area contributed by atoms with Crippen molar-refractivity contribution < 1.29 is 0 Å². The summed E-state index contributed by atoms with van der Waals surface area (Å²) < 4.78 is 2.32. The third-order valence-corrected chi connectivity index (χ3v) is 2.27. The molecule has 0 spiro atoms. The van der Waals surface area contributed by atoms with Crippen molar-refractivity contribution in [2.24, 2.45) is 0 Å². The molecule has 0 bridgehead atoms. The van der Waals surface area contributed by atoms with Gasteiger partial charge in [0.15, 0.2) is 0 Å². The molecule has 0 aliphatic rings. The zero-order valence-electron chi connectivity index (χ0n) is 6.20.